The zero-order chi connectivity index (χ0) is 28.2. The van der Waals surface area contributed by atoms with Crippen molar-refractivity contribution in [3.8, 4) is 11.1 Å². The van der Waals surface area contributed by atoms with Crippen molar-refractivity contribution in [2.45, 2.75) is 38.5 Å². The molecule has 2 aromatic carbocycles. The molecule has 0 aromatic heterocycles. The van der Waals surface area contributed by atoms with Crippen molar-refractivity contribution in [2.75, 3.05) is 32.8 Å². The fourth-order valence-corrected chi connectivity index (χ4v) is 6.21. The van der Waals surface area contributed by atoms with Gasteiger partial charge in [0.15, 0.2) is 0 Å². The van der Waals surface area contributed by atoms with Crippen molar-refractivity contribution in [1.82, 2.24) is 14.7 Å². The van der Waals surface area contributed by atoms with Gasteiger partial charge in [-0.2, -0.15) is 4.31 Å². The molecule has 3 N–H and O–H groups in total. The van der Waals surface area contributed by atoms with Crippen molar-refractivity contribution in [3.05, 3.63) is 53.6 Å². The highest BCUT2D eigenvalue weighted by Gasteiger charge is 2.36. The molecule has 11 heteroatoms. The van der Waals surface area contributed by atoms with E-state index in [1.54, 1.807) is 24.3 Å². The number of amides is 2. The summed E-state index contributed by atoms with van der Waals surface area (Å²) in [7, 11) is -3.66. The summed E-state index contributed by atoms with van der Waals surface area (Å²) in [5.74, 6) is 0.0451. The molecule has 2 heterocycles. The Morgan fingerprint density at radius 2 is 1.90 bits per heavy atom. The van der Waals surface area contributed by atoms with E-state index in [-0.39, 0.29) is 29.0 Å². The number of hydroxylamine groups is 2. The number of nitrogens with zero attached hydrogens (tertiary/aromatic N) is 3. The average Bonchev–Trinajstić information content (AvgIpc) is 3.04. The Labute approximate surface area is 229 Å². The van der Waals surface area contributed by atoms with Gasteiger partial charge in [-0.25, -0.2) is 18.5 Å². The fourth-order valence-electron chi connectivity index (χ4n) is 4.57. The smallest absolute Gasteiger partial charge is 0.273 e. The first kappa shape index (κ1) is 28.5. The van der Waals surface area contributed by atoms with Crippen LogP contribution in [0.25, 0.3) is 17.2 Å². The molecule has 0 spiro atoms. The summed E-state index contributed by atoms with van der Waals surface area (Å²) in [6.45, 7) is 7.30. The molecule has 2 aliphatic rings. The molecule has 10 nitrogen and oxygen atoms in total. The molecule has 208 valence electrons. The lowest BCUT2D eigenvalue weighted by molar-refractivity contribution is -0.180. The molecule has 0 unspecified atom stereocenters. The third-order valence-electron chi connectivity index (χ3n) is 6.58. The van der Waals surface area contributed by atoms with E-state index in [2.05, 4.69) is 10.3 Å². The minimum absolute atomic E-state index is 0.104. The number of sulfonamides is 1. The van der Waals surface area contributed by atoms with Crippen LogP contribution in [0.4, 0.5) is 5.69 Å². The third kappa shape index (κ3) is 6.55. The topological polar surface area (TPSA) is 134 Å². The predicted molar refractivity (Wildman–Crippen MR) is 150 cm³/mol. The van der Waals surface area contributed by atoms with Crippen LogP contribution >= 0.6 is 0 Å². The van der Waals surface area contributed by atoms with Crippen LogP contribution in [0.5, 0.6) is 0 Å². The first-order valence-electron chi connectivity index (χ1n) is 13.1. The highest BCUT2D eigenvalue weighted by Crippen LogP contribution is 2.34. The van der Waals surface area contributed by atoms with Crippen LogP contribution in [-0.4, -0.2) is 68.2 Å². The van der Waals surface area contributed by atoms with Crippen LogP contribution in [0.1, 0.15) is 39.2 Å². The molecule has 0 bridgehead atoms. The number of nitrogens with two attached hydrogens (primary N) is 1. The molecular weight excluding hydrogens is 518 g/mol. The monoisotopic (exact) mass is 553 g/mol. The molecule has 0 saturated carbocycles. The van der Waals surface area contributed by atoms with Crippen LogP contribution in [0, 0.1) is 5.92 Å². The van der Waals surface area contributed by atoms with Gasteiger partial charge < -0.3 is 11.1 Å². The Balaban J connectivity index is 1.57. The van der Waals surface area contributed by atoms with Crippen LogP contribution in [0.2, 0.25) is 0 Å². The van der Waals surface area contributed by atoms with E-state index in [0.29, 0.717) is 49.9 Å². The summed E-state index contributed by atoms with van der Waals surface area (Å²) in [6.07, 6.45) is 2.74. The molecule has 1 saturated heterocycles. The number of carbonyl (C=O) groups excluding carboxylic acids is 2. The second-order valence-corrected chi connectivity index (χ2v) is 11.6. The molecular formula is C28H35N5O5S. The molecule has 39 heavy (non-hydrogen) atoms. The molecule has 0 radical (unpaired) electrons. The Morgan fingerprint density at radius 1 is 1.15 bits per heavy atom. The summed E-state index contributed by atoms with van der Waals surface area (Å²) in [5.41, 5.74) is 9.52. The molecule has 1 fully saturated rings. The van der Waals surface area contributed by atoms with Gasteiger partial charge in [0.1, 0.15) is 5.84 Å². The second-order valence-electron chi connectivity index (χ2n) is 9.70. The van der Waals surface area contributed by atoms with Gasteiger partial charge in [0.2, 0.25) is 15.9 Å². The van der Waals surface area contributed by atoms with Crippen LogP contribution in [0.3, 0.4) is 0 Å². The maximum atomic E-state index is 13.2. The van der Waals surface area contributed by atoms with Gasteiger partial charge in [-0.15, -0.1) is 0 Å². The van der Waals surface area contributed by atoms with Crippen molar-refractivity contribution >= 4 is 39.4 Å². The maximum absolute atomic E-state index is 13.2. The number of nitrogens with one attached hydrogen (secondary N) is 1. The van der Waals surface area contributed by atoms with E-state index in [0.717, 1.165) is 23.1 Å². The maximum Gasteiger partial charge on any atom is 0.273 e. The van der Waals surface area contributed by atoms with E-state index in [4.69, 9.17) is 10.6 Å². The van der Waals surface area contributed by atoms with Crippen LogP contribution in [0.15, 0.2) is 57.9 Å². The number of hydrogen-bond acceptors (Lipinski definition) is 7. The van der Waals surface area contributed by atoms with Gasteiger partial charge >= 0.3 is 0 Å². The van der Waals surface area contributed by atoms with Crippen molar-refractivity contribution in [2.24, 2.45) is 16.6 Å². The van der Waals surface area contributed by atoms with E-state index in [1.165, 1.54) is 16.3 Å². The van der Waals surface area contributed by atoms with Crippen molar-refractivity contribution < 1.29 is 22.8 Å². The first-order valence-corrected chi connectivity index (χ1v) is 14.5. The van der Waals surface area contributed by atoms with Gasteiger partial charge in [-0.1, -0.05) is 31.2 Å². The Morgan fingerprint density at radius 3 is 2.59 bits per heavy atom. The van der Waals surface area contributed by atoms with E-state index in [1.807, 2.05) is 38.1 Å². The Kier molecular flexibility index (Phi) is 8.83. The number of carbonyl (C=O) groups is 2. The van der Waals surface area contributed by atoms with E-state index >= 15 is 0 Å². The quantitative estimate of drug-likeness (QED) is 0.434. The summed E-state index contributed by atoms with van der Waals surface area (Å²) < 4.78 is 27.8. The standard InChI is InChI=1S/C28H35N5O5S/c1-4-11-33(38-5-2)28(35)24-12-23-10-9-22(14-26(23)31-27(29)15-24)21-7-6-8-25(13-21)39(36,37)32-17-20(18-32)16-30-19(3)34/h6-10,12-14,20H,4-5,11,15-18H2,1-3H3,(H2,29,31)(H,30,34). The minimum Gasteiger partial charge on any atom is -0.387 e. The lowest BCUT2D eigenvalue weighted by Gasteiger charge is -2.38. The Bertz CT molecular complexity index is 1410. The summed E-state index contributed by atoms with van der Waals surface area (Å²) in [4.78, 5) is 34.5. The van der Waals surface area contributed by atoms with E-state index in [9.17, 15) is 18.0 Å². The normalized spacial score (nSPS) is 15.9. The van der Waals surface area contributed by atoms with Crippen LogP contribution in [-0.2, 0) is 24.4 Å². The number of aliphatic imine (C=N–C) groups is 1. The number of benzene rings is 2. The molecule has 2 aliphatic heterocycles. The number of amidine groups is 1. The van der Waals surface area contributed by atoms with Crippen molar-refractivity contribution in [1.29, 1.82) is 0 Å². The van der Waals surface area contributed by atoms with Gasteiger partial charge in [-0.3, -0.25) is 14.4 Å². The number of rotatable bonds is 10. The SMILES string of the molecule is CCCN(OCC)C(=O)C1=Cc2ccc(-c3cccc(S(=O)(=O)N4CC(CNC(C)=O)C4)c3)cc2N=C(N)C1. The highest BCUT2D eigenvalue weighted by molar-refractivity contribution is 7.89. The molecule has 2 amide bonds. The summed E-state index contributed by atoms with van der Waals surface area (Å²) in [6, 6.07) is 12.4. The largest absolute Gasteiger partial charge is 0.387 e. The Hall–Kier alpha value is -3.54. The molecule has 0 atom stereocenters. The van der Waals surface area contributed by atoms with Gasteiger partial charge in [0, 0.05) is 56.6 Å². The van der Waals surface area contributed by atoms with Crippen LogP contribution < -0.4 is 11.1 Å². The highest BCUT2D eigenvalue weighted by atomic mass is 32.2. The number of fused-ring (bicyclic) bond motifs is 1. The second kappa shape index (κ2) is 12.1. The zero-order valence-corrected chi connectivity index (χ0v) is 23.3. The van der Waals surface area contributed by atoms with Crippen molar-refractivity contribution in [3.63, 3.8) is 0 Å². The van der Waals surface area contributed by atoms with Gasteiger partial charge in [0.25, 0.3) is 5.91 Å². The first-order chi connectivity index (χ1) is 18.6. The zero-order valence-electron chi connectivity index (χ0n) is 22.5. The summed E-state index contributed by atoms with van der Waals surface area (Å²) >= 11 is 0. The lowest BCUT2D eigenvalue weighted by atomic mass is 10.0. The number of hydrogen-bond donors (Lipinski definition) is 2. The molecule has 0 aliphatic carbocycles. The summed E-state index contributed by atoms with van der Waals surface area (Å²) in [5, 5.41) is 4.10. The van der Waals surface area contributed by atoms with Gasteiger partial charge in [0.05, 0.1) is 17.2 Å². The molecule has 4 rings (SSSR count). The fraction of sp³-hybridized carbons (Fsp3) is 0.393. The molecule has 2 aromatic rings. The average molecular weight is 554 g/mol. The lowest BCUT2D eigenvalue weighted by Crippen LogP contribution is -2.53. The predicted octanol–water partition coefficient (Wildman–Crippen LogP) is 3.08. The van der Waals surface area contributed by atoms with E-state index < -0.39 is 10.0 Å². The van der Waals surface area contributed by atoms with Gasteiger partial charge in [-0.05, 0) is 48.7 Å². The minimum atomic E-state index is -3.66. The third-order valence-corrected chi connectivity index (χ3v) is 8.40.